The monoisotopic (exact) mass is 584 g/mol. The maximum Gasteiger partial charge on any atom is 0.281 e. The minimum Gasteiger partial charge on any atom is -0.379 e. The molecule has 2 aliphatic rings. The molecule has 2 aliphatic heterocycles. The molecule has 0 saturated carbocycles. The van der Waals surface area contributed by atoms with Crippen LogP contribution in [0.1, 0.15) is 49.6 Å². The van der Waals surface area contributed by atoms with Gasteiger partial charge in [0.1, 0.15) is 0 Å². The standard InChI is InChI=1S/C28H30Cl2N6O4/c29-21-5-2-6-22(30)24(21)28(39)36-17-23(25(34-36)27(38)32-20-7-9-31-10-8-20)33-26(37)19-4-1-3-18(15-19)16-35-11-13-40-14-12-35/h1-6,15,17,20,31H,7-14,16H2,(H,32,38)(H,33,37). The Morgan fingerprint density at radius 1 is 1.00 bits per heavy atom. The Kier molecular flexibility index (Phi) is 9.13. The van der Waals surface area contributed by atoms with Crippen molar-refractivity contribution in [1.82, 2.24) is 25.3 Å². The molecular weight excluding hydrogens is 555 g/mol. The molecule has 2 amide bonds. The second-order valence-corrected chi connectivity index (χ2v) is 10.6. The van der Waals surface area contributed by atoms with Gasteiger partial charge in [-0.25, -0.2) is 4.68 Å². The summed E-state index contributed by atoms with van der Waals surface area (Å²) >= 11 is 12.5. The highest BCUT2D eigenvalue weighted by Gasteiger charge is 2.26. The SMILES string of the molecule is O=C(Nc1cn(C(=O)c2c(Cl)cccc2Cl)nc1C(=O)NC1CCNCC1)c1cccc(CN2CCOCC2)c1. The van der Waals surface area contributed by atoms with E-state index in [-0.39, 0.29) is 33.0 Å². The number of anilines is 1. The van der Waals surface area contributed by atoms with Gasteiger partial charge in [-0.3, -0.25) is 19.3 Å². The van der Waals surface area contributed by atoms with Crippen LogP contribution in [0, 0.1) is 0 Å². The van der Waals surface area contributed by atoms with Gasteiger partial charge in [0, 0.05) is 31.2 Å². The lowest BCUT2D eigenvalue weighted by atomic mass is 10.1. The van der Waals surface area contributed by atoms with Crippen LogP contribution in [-0.4, -0.2) is 77.8 Å². The maximum absolute atomic E-state index is 13.3. The van der Waals surface area contributed by atoms with Crippen LogP contribution in [-0.2, 0) is 11.3 Å². The molecule has 0 bridgehead atoms. The summed E-state index contributed by atoms with van der Waals surface area (Å²) in [7, 11) is 0. The first-order valence-corrected chi connectivity index (χ1v) is 13.9. The Balaban J connectivity index is 1.40. The minimum absolute atomic E-state index is 0.0481. The van der Waals surface area contributed by atoms with E-state index < -0.39 is 17.7 Å². The minimum atomic E-state index is -0.625. The summed E-state index contributed by atoms with van der Waals surface area (Å²) in [6, 6.07) is 12.0. The summed E-state index contributed by atoms with van der Waals surface area (Å²) in [6.07, 6.45) is 2.84. The lowest BCUT2D eigenvalue weighted by Crippen LogP contribution is -2.43. The van der Waals surface area contributed by atoms with Gasteiger partial charge < -0.3 is 20.7 Å². The van der Waals surface area contributed by atoms with E-state index in [0.29, 0.717) is 25.3 Å². The normalized spacial score (nSPS) is 16.4. The quantitative estimate of drug-likeness (QED) is 0.389. The van der Waals surface area contributed by atoms with E-state index in [4.69, 9.17) is 27.9 Å². The van der Waals surface area contributed by atoms with Gasteiger partial charge in [0.25, 0.3) is 17.7 Å². The average Bonchev–Trinajstić information content (AvgIpc) is 3.38. The highest BCUT2D eigenvalue weighted by molar-refractivity contribution is 6.39. The molecular formula is C28H30Cl2N6O4. The van der Waals surface area contributed by atoms with Crippen molar-refractivity contribution in [1.29, 1.82) is 0 Å². The zero-order valence-electron chi connectivity index (χ0n) is 21.8. The van der Waals surface area contributed by atoms with Gasteiger partial charge >= 0.3 is 0 Å². The molecule has 12 heteroatoms. The topological polar surface area (TPSA) is 118 Å². The number of carbonyl (C=O) groups is 3. The van der Waals surface area contributed by atoms with Gasteiger partial charge in [-0.15, -0.1) is 0 Å². The van der Waals surface area contributed by atoms with E-state index in [9.17, 15) is 14.4 Å². The Hall–Kier alpha value is -3.28. The molecule has 1 aromatic heterocycles. The number of nitrogens with zero attached hydrogens (tertiary/aromatic N) is 3. The summed E-state index contributed by atoms with van der Waals surface area (Å²) in [5.41, 5.74) is 1.48. The summed E-state index contributed by atoms with van der Waals surface area (Å²) in [6.45, 7) is 5.29. The summed E-state index contributed by atoms with van der Waals surface area (Å²) < 4.78 is 6.40. The van der Waals surface area contributed by atoms with E-state index >= 15 is 0 Å². The van der Waals surface area contributed by atoms with Crippen molar-refractivity contribution in [2.45, 2.75) is 25.4 Å². The lowest BCUT2D eigenvalue weighted by Gasteiger charge is -2.26. The second-order valence-electron chi connectivity index (χ2n) is 9.78. The Bertz CT molecular complexity index is 1380. The molecule has 0 aliphatic carbocycles. The second kappa shape index (κ2) is 12.9. The van der Waals surface area contributed by atoms with E-state index in [1.54, 1.807) is 24.3 Å². The highest BCUT2D eigenvalue weighted by atomic mass is 35.5. The van der Waals surface area contributed by atoms with Crippen molar-refractivity contribution < 1.29 is 19.1 Å². The molecule has 2 aromatic carbocycles. The molecule has 0 unspecified atom stereocenters. The fourth-order valence-electron chi connectivity index (χ4n) is 4.80. The number of piperidine rings is 1. The number of nitrogens with one attached hydrogen (secondary N) is 3. The molecule has 5 rings (SSSR count). The van der Waals surface area contributed by atoms with Gasteiger partial charge in [-0.05, 0) is 55.8 Å². The van der Waals surface area contributed by atoms with Crippen molar-refractivity contribution in [2.24, 2.45) is 0 Å². The summed E-state index contributed by atoms with van der Waals surface area (Å²) in [4.78, 5) is 42.2. The van der Waals surface area contributed by atoms with Crippen LogP contribution in [0.5, 0.6) is 0 Å². The largest absolute Gasteiger partial charge is 0.379 e. The number of benzene rings is 2. The zero-order valence-corrected chi connectivity index (χ0v) is 23.3. The van der Waals surface area contributed by atoms with Crippen molar-refractivity contribution in [3.8, 4) is 0 Å². The van der Waals surface area contributed by atoms with E-state index in [0.717, 1.165) is 49.3 Å². The van der Waals surface area contributed by atoms with E-state index in [2.05, 4.69) is 25.9 Å². The van der Waals surface area contributed by atoms with Crippen LogP contribution in [0.4, 0.5) is 5.69 Å². The fraction of sp³-hybridized carbons (Fsp3) is 0.357. The van der Waals surface area contributed by atoms with Gasteiger partial charge in [0.05, 0.1) is 40.7 Å². The predicted molar refractivity (Wildman–Crippen MR) is 152 cm³/mol. The number of hydrogen-bond acceptors (Lipinski definition) is 7. The molecule has 210 valence electrons. The average molecular weight is 585 g/mol. The lowest BCUT2D eigenvalue weighted by molar-refractivity contribution is 0.0342. The third-order valence-electron chi connectivity index (χ3n) is 6.94. The number of halogens is 2. The number of rotatable bonds is 7. The molecule has 0 radical (unpaired) electrons. The zero-order chi connectivity index (χ0) is 28.1. The third-order valence-corrected chi connectivity index (χ3v) is 7.57. The Labute approximate surface area is 241 Å². The molecule has 10 nitrogen and oxygen atoms in total. The maximum atomic E-state index is 13.3. The molecule has 3 N–H and O–H groups in total. The van der Waals surface area contributed by atoms with Gasteiger partial charge in [-0.2, -0.15) is 5.10 Å². The highest BCUT2D eigenvalue weighted by Crippen LogP contribution is 2.26. The number of aromatic nitrogens is 2. The smallest absolute Gasteiger partial charge is 0.281 e. The molecule has 40 heavy (non-hydrogen) atoms. The Morgan fingerprint density at radius 3 is 2.42 bits per heavy atom. The molecule has 0 spiro atoms. The molecule has 3 aromatic rings. The number of morpholine rings is 1. The van der Waals surface area contributed by atoms with Crippen LogP contribution < -0.4 is 16.0 Å². The van der Waals surface area contributed by atoms with Gasteiger partial charge in [0.15, 0.2) is 5.69 Å². The van der Waals surface area contributed by atoms with Crippen LogP contribution in [0.25, 0.3) is 0 Å². The van der Waals surface area contributed by atoms with Crippen LogP contribution >= 0.6 is 23.2 Å². The van der Waals surface area contributed by atoms with Gasteiger partial charge in [0.2, 0.25) is 0 Å². The van der Waals surface area contributed by atoms with E-state index in [1.165, 1.54) is 6.20 Å². The third kappa shape index (κ3) is 6.71. The van der Waals surface area contributed by atoms with Gasteiger partial charge in [-0.1, -0.05) is 41.4 Å². The van der Waals surface area contributed by atoms with Crippen LogP contribution in [0.15, 0.2) is 48.7 Å². The van der Waals surface area contributed by atoms with Crippen LogP contribution in [0.2, 0.25) is 10.0 Å². The molecule has 2 fully saturated rings. The van der Waals surface area contributed by atoms with Crippen molar-refractivity contribution in [3.05, 3.63) is 81.1 Å². The van der Waals surface area contributed by atoms with Crippen molar-refractivity contribution >= 4 is 46.6 Å². The fourth-order valence-corrected chi connectivity index (χ4v) is 5.36. The van der Waals surface area contributed by atoms with E-state index in [1.807, 2.05) is 18.2 Å². The number of carbonyl (C=O) groups excluding carboxylic acids is 3. The molecule has 0 atom stereocenters. The van der Waals surface area contributed by atoms with Crippen molar-refractivity contribution in [3.63, 3.8) is 0 Å². The summed E-state index contributed by atoms with van der Waals surface area (Å²) in [5.74, 6) is -1.54. The first-order chi connectivity index (χ1) is 19.4. The van der Waals surface area contributed by atoms with Crippen LogP contribution in [0.3, 0.4) is 0 Å². The first kappa shape index (κ1) is 28.3. The first-order valence-electron chi connectivity index (χ1n) is 13.2. The summed E-state index contributed by atoms with van der Waals surface area (Å²) in [5, 5.41) is 13.6. The predicted octanol–water partition coefficient (Wildman–Crippen LogP) is 3.44. The number of hydrogen-bond donors (Lipinski definition) is 3. The molecule has 2 saturated heterocycles. The molecule has 3 heterocycles. The Morgan fingerprint density at radius 2 is 1.70 bits per heavy atom. The number of amides is 2. The van der Waals surface area contributed by atoms with Crippen molar-refractivity contribution in [2.75, 3.05) is 44.7 Å². The number of ether oxygens (including phenoxy) is 1.